The van der Waals surface area contributed by atoms with Gasteiger partial charge in [0.1, 0.15) is 12.1 Å². The molecule has 1 saturated carbocycles. The number of ether oxygens (including phenoxy) is 1. The van der Waals surface area contributed by atoms with Gasteiger partial charge in [-0.15, -0.1) is 0 Å². The van der Waals surface area contributed by atoms with E-state index in [0.717, 1.165) is 36.8 Å². The third kappa shape index (κ3) is 9.10. The van der Waals surface area contributed by atoms with Crippen molar-refractivity contribution in [3.05, 3.63) is 69.7 Å². The second-order valence-electron chi connectivity index (χ2n) is 12.4. The van der Waals surface area contributed by atoms with Gasteiger partial charge in [0.15, 0.2) is 0 Å². The Kier molecular flexibility index (Phi) is 11.7. The Morgan fingerprint density at radius 1 is 1.00 bits per heavy atom. The molecule has 1 saturated heterocycles. The molecule has 4 unspecified atom stereocenters. The van der Waals surface area contributed by atoms with E-state index < -0.39 is 35.6 Å². The fourth-order valence-corrected chi connectivity index (χ4v) is 6.59. The maximum Gasteiger partial charge on any atom is 0.408 e. The minimum Gasteiger partial charge on any atom is -0.440 e. The molecule has 4 rings (SSSR count). The summed E-state index contributed by atoms with van der Waals surface area (Å²) in [4.78, 5) is 39.3. The minimum absolute atomic E-state index is 0.0660. The highest BCUT2D eigenvalue weighted by atomic mass is 35.5. The van der Waals surface area contributed by atoms with E-state index in [-0.39, 0.29) is 24.3 Å². The van der Waals surface area contributed by atoms with Crippen LogP contribution < -0.4 is 16.0 Å². The minimum atomic E-state index is -0.859. The molecule has 1 aliphatic heterocycles. The highest BCUT2D eigenvalue weighted by Crippen LogP contribution is 2.41. The van der Waals surface area contributed by atoms with Crippen molar-refractivity contribution in [3.8, 4) is 0 Å². The van der Waals surface area contributed by atoms with Gasteiger partial charge in [0, 0.05) is 27.9 Å². The van der Waals surface area contributed by atoms with Crippen molar-refractivity contribution in [1.82, 2.24) is 16.0 Å². The first-order chi connectivity index (χ1) is 20.6. The molecule has 10 heteroatoms. The van der Waals surface area contributed by atoms with Crippen LogP contribution in [0.5, 0.6) is 0 Å². The molecule has 0 aromatic heterocycles. The van der Waals surface area contributed by atoms with Crippen molar-refractivity contribution < 1.29 is 24.2 Å². The molecule has 0 bridgehead atoms. The molecule has 3 amide bonds. The van der Waals surface area contributed by atoms with E-state index in [1.807, 2.05) is 44.2 Å². The first kappa shape index (κ1) is 33.1. The summed E-state index contributed by atoms with van der Waals surface area (Å²) in [6, 6.07) is 13.1. The van der Waals surface area contributed by atoms with Crippen LogP contribution in [0.25, 0.3) is 0 Å². The standard InChI is InChI=1S/C33H43Cl2N3O5/c1-33(2,24-9-6-10-26(35)19-24)29(22-11-13-25(34)14-12-22)43-32(42)38-28(17-21-7-4-3-5-8-21)31(41)37-27(20-39)18-23-15-16-36-30(23)40/h6,9-14,19,21,23,27-29,39H,3-5,7-8,15-18,20H2,1-2H3,(H,36,40)(H,37,41)(H,38,42). The fourth-order valence-electron chi connectivity index (χ4n) is 6.28. The Balaban J connectivity index is 1.53. The van der Waals surface area contributed by atoms with Gasteiger partial charge in [-0.3, -0.25) is 9.59 Å². The number of rotatable bonds is 12. The number of aliphatic hydroxyl groups is 1. The predicted molar refractivity (Wildman–Crippen MR) is 168 cm³/mol. The van der Waals surface area contributed by atoms with Gasteiger partial charge >= 0.3 is 6.09 Å². The molecule has 1 heterocycles. The first-order valence-electron chi connectivity index (χ1n) is 15.2. The molecule has 2 aliphatic rings. The van der Waals surface area contributed by atoms with E-state index in [9.17, 15) is 19.5 Å². The number of carbonyl (C=O) groups excluding carboxylic acids is 3. The summed E-state index contributed by atoms with van der Waals surface area (Å²) in [5.74, 6) is -0.435. The van der Waals surface area contributed by atoms with Gasteiger partial charge in [0.2, 0.25) is 11.8 Å². The van der Waals surface area contributed by atoms with E-state index in [1.54, 1.807) is 18.2 Å². The van der Waals surface area contributed by atoms with Crippen molar-refractivity contribution in [1.29, 1.82) is 0 Å². The first-order valence-corrected chi connectivity index (χ1v) is 16.0. The van der Waals surface area contributed by atoms with E-state index >= 15 is 0 Å². The highest BCUT2D eigenvalue weighted by Gasteiger charge is 2.37. The van der Waals surface area contributed by atoms with Gasteiger partial charge in [0.05, 0.1) is 12.6 Å². The van der Waals surface area contributed by atoms with Gasteiger partial charge < -0.3 is 25.8 Å². The number of nitrogens with one attached hydrogen (secondary N) is 3. The molecule has 8 nitrogen and oxygen atoms in total. The van der Waals surface area contributed by atoms with Crippen LogP contribution in [0.15, 0.2) is 48.5 Å². The zero-order valence-electron chi connectivity index (χ0n) is 24.9. The van der Waals surface area contributed by atoms with Crippen LogP contribution in [0, 0.1) is 11.8 Å². The summed E-state index contributed by atoms with van der Waals surface area (Å²) in [5.41, 5.74) is 0.931. The van der Waals surface area contributed by atoms with Crippen LogP contribution in [0.2, 0.25) is 10.0 Å². The van der Waals surface area contributed by atoms with Crippen molar-refractivity contribution in [2.75, 3.05) is 13.2 Å². The Hall–Kier alpha value is -2.81. The Morgan fingerprint density at radius 2 is 1.72 bits per heavy atom. The molecule has 1 aliphatic carbocycles. The normalized spacial score (nSPS) is 19.7. The second kappa shape index (κ2) is 15.3. The number of alkyl carbamates (subject to hydrolysis) is 1. The average Bonchev–Trinajstić information content (AvgIpc) is 3.40. The third-order valence-corrected chi connectivity index (χ3v) is 9.31. The molecule has 4 atom stereocenters. The Bertz CT molecular complexity index is 1250. The lowest BCUT2D eigenvalue weighted by atomic mass is 9.76. The van der Waals surface area contributed by atoms with Crippen LogP contribution in [0.4, 0.5) is 4.79 Å². The SMILES string of the molecule is CC(C)(c1cccc(Cl)c1)C(OC(=O)NC(CC1CCCCC1)C(=O)NC(CO)CC1CCNC1=O)c1ccc(Cl)cc1. The molecule has 0 radical (unpaired) electrons. The zero-order valence-corrected chi connectivity index (χ0v) is 26.4. The van der Waals surface area contributed by atoms with Gasteiger partial charge in [-0.25, -0.2) is 4.79 Å². The molecule has 2 aromatic carbocycles. The summed E-state index contributed by atoms with van der Waals surface area (Å²) < 4.78 is 6.14. The second-order valence-corrected chi connectivity index (χ2v) is 13.3. The maximum atomic E-state index is 13.6. The number of aliphatic hydroxyl groups excluding tert-OH is 1. The number of hydrogen-bond donors (Lipinski definition) is 4. The molecule has 2 fully saturated rings. The number of halogens is 2. The summed E-state index contributed by atoms with van der Waals surface area (Å²) in [7, 11) is 0. The lowest BCUT2D eigenvalue weighted by molar-refractivity contribution is -0.126. The predicted octanol–water partition coefficient (Wildman–Crippen LogP) is 6.08. The maximum absolute atomic E-state index is 13.6. The molecule has 0 spiro atoms. The number of carbonyl (C=O) groups is 3. The van der Waals surface area contributed by atoms with E-state index in [4.69, 9.17) is 27.9 Å². The Morgan fingerprint density at radius 3 is 2.35 bits per heavy atom. The highest BCUT2D eigenvalue weighted by molar-refractivity contribution is 6.30. The van der Waals surface area contributed by atoms with Crippen LogP contribution in [0.3, 0.4) is 0 Å². The Labute approximate surface area is 264 Å². The van der Waals surface area contributed by atoms with Gasteiger partial charge in [-0.2, -0.15) is 0 Å². The van der Waals surface area contributed by atoms with E-state index in [0.29, 0.717) is 35.9 Å². The number of benzene rings is 2. The topological polar surface area (TPSA) is 117 Å². The van der Waals surface area contributed by atoms with Crippen LogP contribution in [0.1, 0.15) is 82.4 Å². The zero-order chi connectivity index (χ0) is 31.0. The molecule has 234 valence electrons. The lowest BCUT2D eigenvalue weighted by Gasteiger charge is -2.35. The lowest BCUT2D eigenvalue weighted by Crippen LogP contribution is -2.52. The summed E-state index contributed by atoms with van der Waals surface area (Å²) in [6.07, 6.45) is 5.33. The molecular weight excluding hydrogens is 589 g/mol. The summed E-state index contributed by atoms with van der Waals surface area (Å²) in [5, 5.41) is 19.7. The van der Waals surface area contributed by atoms with Crippen molar-refractivity contribution >= 4 is 41.1 Å². The van der Waals surface area contributed by atoms with Crippen LogP contribution in [-0.2, 0) is 19.7 Å². The summed E-state index contributed by atoms with van der Waals surface area (Å²) >= 11 is 12.5. The van der Waals surface area contributed by atoms with E-state index in [1.165, 1.54) is 6.42 Å². The molecule has 43 heavy (non-hydrogen) atoms. The largest absolute Gasteiger partial charge is 0.440 e. The van der Waals surface area contributed by atoms with Crippen molar-refractivity contribution in [2.24, 2.45) is 11.8 Å². The molecule has 4 N–H and O–H groups in total. The quantitative estimate of drug-likeness (QED) is 0.226. The average molecular weight is 633 g/mol. The van der Waals surface area contributed by atoms with Gasteiger partial charge in [-0.1, -0.05) is 93.4 Å². The number of amides is 3. The van der Waals surface area contributed by atoms with Gasteiger partial charge in [-0.05, 0) is 60.6 Å². The van der Waals surface area contributed by atoms with E-state index in [2.05, 4.69) is 16.0 Å². The van der Waals surface area contributed by atoms with Gasteiger partial charge in [0.25, 0.3) is 0 Å². The van der Waals surface area contributed by atoms with Crippen molar-refractivity contribution in [3.63, 3.8) is 0 Å². The third-order valence-electron chi connectivity index (χ3n) is 8.82. The smallest absolute Gasteiger partial charge is 0.408 e. The fraction of sp³-hybridized carbons (Fsp3) is 0.545. The van der Waals surface area contributed by atoms with Crippen molar-refractivity contribution in [2.45, 2.75) is 88.8 Å². The molecular formula is C33H43Cl2N3O5. The van der Waals surface area contributed by atoms with Crippen LogP contribution in [-0.4, -0.2) is 48.2 Å². The molecule has 2 aromatic rings. The monoisotopic (exact) mass is 631 g/mol. The summed E-state index contributed by atoms with van der Waals surface area (Å²) in [6.45, 7) is 4.24. The van der Waals surface area contributed by atoms with Crippen LogP contribution >= 0.6 is 23.2 Å². The number of hydrogen-bond acceptors (Lipinski definition) is 5.